The van der Waals surface area contributed by atoms with Crippen LogP contribution in [0.1, 0.15) is 63.9 Å². The molecule has 0 radical (unpaired) electrons. The maximum absolute atomic E-state index is 11.7. The van der Waals surface area contributed by atoms with Crippen molar-refractivity contribution in [3.63, 3.8) is 0 Å². The number of benzene rings is 1. The number of carbonyl (C=O) groups is 2. The Labute approximate surface area is 165 Å². The lowest BCUT2D eigenvalue weighted by Gasteiger charge is -2.04. The molecule has 2 amide bonds. The van der Waals surface area contributed by atoms with E-state index in [4.69, 9.17) is 23.2 Å². The van der Waals surface area contributed by atoms with E-state index in [9.17, 15) is 9.59 Å². The number of hydrogen-bond donors (Lipinski definition) is 2. The molecule has 0 unspecified atom stereocenters. The van der Waals surface area contributed by atoms with E-state index < -0.39 is 0 Å². The average Bonchev–Trinajstić information content (AvgIpc) is 2.61. The summed E-state index contributed by atoms with van der Waals surface area (Å²) in [7, 11) is 0. The van der Waals surface area contributed by atoms with Gasteiger partial charge in [-0.3, -0.25) is 9.59 Å². The molecule has 0 aliphatic carbocycles. The lowest BCUT2D eigenvalue weighted by Crippen LogP contribution is -2.34. The highest BCUT2D eigenvalue weighted by molar-refractivity contribution is 6.36. The van der Waals surface area contributed by atoms with Gasteiger partial charge in [0.1, 0.15) is 0 Å². The normalized spacial score (nSPS) is 10.9. The standard InChI is InChI=1S/C19H27Cl2N3O2/c1-2-3-4-5-6-7-8-9-18(25)22-14-19(26)24-23-13-15-10-11-16(20)12-17(15)21/h10-13H,2-9,14H2,1H3,(H,22,25)(H,24,26). The number of hydrogen-bond acceptors (Lipinski definition) is 3. The minimum absolute atomic E-state index is 0.0962. The third kappa shape index (κ3) is 10.4. The Morgan fingerprint density at radius 1 is 1.04 bits per heavy atom. The zero-order valence-corrected chi connectivity index (χ0v) is 16.7. The van der Waals surface area contributed by atoms with Crippen LogP contribution in [0.15, 0.2) is 23.3 Å². The molecule has 0 aromatic heterocycles. The Balaban J connectivity index is 2.13. The Morgan fingerprint density at radius 3 is 2.42 bits per heavy atom. The van der Waals surface area contributed by atoms with Gasteiger partial charge in [-0.15, -0.1) is 0 Å². The summed E-state index contributed by atoms with van der Waals surface area (Å²) in [5.74, 6) is -0.502. The number of unbranched alkanes of at least 4 members (excludes halogenated alkanes) is 6. The van der Waals surface area contributed by atoms with Crippen LogP contribution in [0.5, 0.6) is 0 Å². The summed E-state index contributed by atoms with van der Waals surface area (Å²) in [4.78, 5) is 23.4. The first-order chi connectivity index (χ1) is 12.5. The van der Waals surface area contributed by atoms with Crippen LogP contribution in [0, 0.1) is 0 Å². The molecule has 0 saturated carbocycles. The van der Waals surface area contributed by atoms with Crippen molar-refractivity contribution in [2.45, 2.75) is 58.3 Å². The van der Waals surface area contributed by atoms with Crippen molar-refractivity contribution in [3.05, 3.63) is 33.8 Å². The predicted molar refractivity (Wildman–Crippen MR) is 108 cm³/mol. The molecule has 7 heteroatoms. The van der Waals surface area contributed by atoms with Crippen molar-refractivity contribution in [2.75, 3.05) is 6.54 Å². The first kappa shape index (κ1) is 22.5. The average molecular weight is 400 g/mol. The van der Waals surface area contributed by atoms with E-state index in [1.165, 1.54) is 31.9 Å². The van der Waals surface area contributed by atoms with Gasteiger partial charge in [-0.05, 0) is 18.6 Å². The van der Waals surface area contributed by atoms with Gasteiger partial charge in [0.15, 0.2) is 0 Å². The maximum Gasteiger partial charge on any atom is 0.259 e. The van der Waals surface area contributed by atoms with Gasteiger partial charge in [-0.25, -0.2) is 5.43 Å². The SMILES string of the molecule is CCCCCCCCCC(=O)NCC(=O)NN=Cc1ccc(Cl)cc1Cl. The van der Waals surface area contributed by atoms with Gasteiger partial charge in [0.2, 0.25) is 5.91 Å². The first-order valence-corrected chi connectivity index (χ1v) is 9.82. The van der Waals surface area contributed by atoms with Crippen molar-refractivity contribution in [1.29, 1.82) is 0 Å². The highest BCUT2D eigenvalue weighted by Gasteiger charge is 2.05. The lowest BCUT2D eigenvalue weighted by atomic mass is 10.1. The second kappa shape index (κ2) is 13.6. The molecule has 0 aliphatic rings. The number of halogens is 2. The highest BCUT2D eigenvalue weighted by Crippen LogP contribution is 2.19. The summed E-state index contributed by atoms with van der Waals surface area (Å²) in [6.45, 7) is 2.10. The van der Waals surface area contributed by atoms with E-state index in [2.05, 4.69) is 22.8 Å². The fourth-order valence-electron chi connectivity index (χ4n) is 2.33. The molecule has 0 fully saturated rings. The Kier molecular flexibility index (Phi) is 11.7. The van der Waals surface area contributed by atoms with Crippen LogP contribution < -0.4 is 10.7 Å². The third-order valence-corrected chi connectivity index (χ3v) is 4.37. The van der Waals surface area contributed by atoms with E-state index in [0.717, 1.165) is 19.3 Å². The van der Waals surface area contributed by atoms with E-state index >= 15 is 0 Å². The minimum atomic E-state index is -0.390. The fourth-order valence-corrected chi connectivity index (χ4v) is 2.79. The van der Waals surface area contributed by atoms with Crippen LogP contribution in [0.2, 0.25) is 10.0 Å². The van der Waals surface area contributed by atoms with Gasteiger partial charge >= 0.3 is 0 Å². The summed E-state index contributed by atoms with van der Waals surface area (Å²) in [5, 5.41) is 7.38. The fraction of sp³-hybridized carbons (Fsp3) is 0.526. The zero-order chi connectivity index (χ0) is 19.2. The molecule has 26 heavy (non-hydrogen) atoms. The molecular formula is C19H27Cl2N3O2. The molecule has 0 spiro atoms. The largest absolute Gasteiger partial charge is 0.347 e. The molecule has 0 aliphatic heterocycles. The summed E-state index contributed by atoms with van der Waals surface area (Å²) >= 11 is 11.8. The number of rotatable bonds is 12. The first-order valence-electron chi connectivity index (χ1n) is 9.06. The van der Waals surface area contributed by atoms with E-state index in [0.29, 0.717) is 22.0 Å². The van der Waals surface area contributed by atoms with Crippen LogP contribution in [0.4, 0.5) is 0 Å². The highest BCUT2D eigenvalue weighted by atomic mass is 35.5. The van der Waals surface area contributed by atoms with Gasteiger partial charge < -0.3 is 5.32 Å². The number of carbonyl (C=O) groups excluding carboxylic acids is 2. The molecule has 144 valence electrons. The summed E-state index contributed by atoms with van der Waals surface area (Å²) in [6, 6.07) is 4.97. The Morgan fingerprint density at radius 2 is 1.73 bits per heavy atom. The number of nitrogens with one attached hydrogen (secondary N) is 2. The van der Waals surface area contributed by atoms with Gasteiger partial charge in [-0.1, -0.05) is 74.7 Å². The maximum atomic E-state index is 11.7. The van der Waals surface area contributed by atoms with E-state index in [-0.39, 0.29) is 18.4 Å². The molecule has 0 bridgehead atoms. The van der Waals surface area contributed by atoms with Crippen LogP contribution in [0.3, 0.4) is 0 Å². The Bertz CT molecular complexity index is 606. The van der Waals surface area contributed by atoms with Crippen molar-refractivity contribution in [1.82, 2.24) is 10.7 Å². The lowest BCUT2D eigenvalue weighted by molar-refractivity contribution is -0.126. The van der Waals surface area contributed by atoms with Crippen molar-refractivity contribution in [2.24, 2.45) is 5.10 Å². The molecule has 0 atom stereocenters. The summed E-state index contributed by atoms with van der Waals surface area (Å²) in [5.41, 5.74) is 2.99. The monoisotopic (exact) mass is 399 g/mol. The quantitative estimate of drug-likeness (QED) is 0.303. The minimum Gasteiger partial charge on any atom is -0.347 e. The van der Waals surface area contributed by atoms with Crippen molar-refractivity contribution in [3.8, 4) is 0 Å². The molecular weight excluding hydrogens is 373 g/mol. The van der Waals surface area contributed by atoms with Crippen LogP contribution in [-0.4, -0.2) is 24.6 Å². The second-order valence-corrected chi connectivity index (χ2v) is 6.95. The molecule has 0 saturated heterocycles. The van der Waals surface area contributed by atoms with Gasteiger partial charge in [0, 0.05) is 17.0 Å². The Hall–Kier alpha value is -1.59. The van der Waals surface area contributed by atoms with Crippen molar-refractivity contribution < 1.29 is 9.59 Å². The predicted octanol–water partition coefficient (Wildman–Crippen LogP) is 4.70. The summed E-state index contributed by atoms with van der Waals surface area (Å²) in [6.07, 6.45) is 9.96. The van der Waals surface area contributed by atoms with E-state index in [1.807, 2.05) is 0 Å². The number of amides is 2. The molecule has 5 nitrogen and oxygen atoms in total. The van der Waals surface area contributed by atoms with Gasteiger partial charge in [0.25, 0.3) is 5.91 Å². The van der Waals surface area contributed by atoms with Crippen LogP contribution in [-0.2, 0) is 9.59 Å². The molecule has 0 heterocycles. The van der Waals surface area contributed by atoms with Crippen LogP contribution in [0.25, 0.3) is 0 Å². The summed E-state index contributed by atoms with van der Waals surface area (Å²) < 4.78 is 0. The molecule has 1 rings (SSSR count). The smallest absolute Gasteiger partial charge is 0.259 e. The molecule has 1 aromatic carbocycles. The van der Waals surface area contributed by atoms with Crippen molar-refractivity contribution >= 4 is 41.2 Å². The number of hydrazone groups is 1. The zero-order valence-electron chi connectivity index (χ0n) is 15.2. The molecule has 2 N–H and O–H groups in total. The number of nitrogens with zero attached hydrogens (tertiary/aromatic N) is 1. The van der Waals surface area contributed by atoms with Crippen LogP contribution >= 0.6 is 23.2 Å². The van der Waals surface area contributed by atoms with E-state index in [1.54, 1.807) is 18.2 Å². The topological polar surface area (TPSA) is 70.6 Å². The van der Waals surface area contributed by atoms with Gasteiger partial charge in [-0.2, -0.15) is 5.10 Å². The van der Waals surface area contributed by atoms with Gasteiger partial charge in [0.05, 0.1) is 17.8 Å². The third-order valence-electron chi connectivity index (χ3n) is 3.81. The molecule has 1 aromatic rings. The second-order valence-electron chi connectivity index (χ2n) is 6.11.